The fourth-order valence-electron chi connectivity index (χ4n) is 2.02. The van der Waals surface area contributed by atoms with E-state index in [4.69, 9.17) is 0 Å². The van der Waals surface area contributed by atoms with E-state index in [1.165, 1.54) is 12.8 Å². The first-order valence-electron chi connectivity index (χ1n) is 7.82. The summed E-state index contributed by atoms with van der Waals surface area (Å²) in [6.07, 6.45) is 3.38. The summed E-state index contributed by atoms with van der Waals surface area (Å²) in [5.74, 6) is -26.6. The van der Waals surface area contributed by atoms with Crippen LogP contribution in [0.15, 0.2) is 0 Å². The summed E-state index contributed by atoms with van der Waals surface area (Å²) < 4.78 is 142. The lowest BCUT2D eigenvalue weighted by atomic mass is 10.0. The van der Waals surface area contributed by atoms with Crippen LogP contribution in [0, 0.1) is 58.2 Å². The molecule has 2 aromatic carbocycles. The number of benzene rings is 2. The van der Waals surface area contributed by atoms with Crippen LogP contribution >= 0.6 is 8.58 Å². The van der Waals surface area contributed by atoms with Gasteiger partial charge in [-0.15, -0.1) is 0 Å². The quantitative estimate of drug-likeness (QED) is 0.148. The normalized spacial score (nSPS) is 11.2. The van der Waals surface area contributed by atoms with Gasteiger partial charge in [0, 0.05) is 0 Å². The third kappa shape index (κ3) is 5.18. The second kappa shape index (κ2) is 10.8. The molecule has 0 bridgehead atoms. The van der Waals surface area contributed by atoms with E-state index in [1.807, 2.05) is 0 Å². The molecule has 0 aliphatic heterocycles. The van der Waals surface area contributed by atoms with Gasteiger partial charge < -0.3 is 0 Å². The maximum atomic E-state index is 13.4. The van der Waals surface area contributed by atoms with Crippen LogP contribution in [0.5, 0.6) is 0 Å². The van der Waals surface area contributed by atoms with E-state index in [0.29, 0.717) is 8.58 Å². The van der Waals surface area contributed by atoms with Crippen LogP contribution in [0.25, 0.3) is 11.1 Å². The van der Waals surface area contributed by atoms with Crippen molar-refractivity contribution in [3.05, 3.63) is 58.2 Å². The number of unbranched alkanes of at least 4 members (excludes halogenated alkanes) is 1. The van der Waals surface area contributed by atoms with Crippen LogP contribution in [-0.2, 0) is 0 Å². The second-order valence-corrected chi connectivity index (χ2v) is 6.64. The summed E-state index contributed by atoms with van der Waals surface area (Å²) in [6, 6.07) is 0. The Kier molecular flexibility index (Phi) is 9.32. The third-order valence-electron chi connectivity index (χ3n) is 3.47. The Hall–Kier alpha value is -1.90. The molecule has 0 N–H and O–H groups in total. The topological polar surface area (TPSA) is 0 Å². The van der Waals surface area contributed by atoms with E-state index in [0.717, 1.165) is 6.16 Å². The molecule has 0 aliphatic carbocycles. The van der Waals surface area contributed by atoms with E-state index >= 15 is 0 Å². The molecular weight excluding hydrogens is 444 g/mol. The van der Waals surface area contributed by atoms with Gasteiger partial charge in [-0.3, -0.25) is 0 Å². The summed E-state index contributed by atoms with van der Waals surface area (Å²) in [5, 5.41) is 0. The molecule has 0 aromatic heterocycles. The largest absolute Gasteiger partial charge is 0.246 e. The van der Waals surface area contributed by atoms with Crippen molar-refractivity contribution in [2.45, 2.75) is 19.8 Å². The zero-order valence-electron chi connectivity index (χ0n) is 14.5. The summed E-state index contributed by atoms with van der Waals surface area (Å²) in [4.78, 5) is 0. The van der Waals surface area contributed by atoms with E-state index in [-0.39, 0.29) is 6.42 Å². The van der Waals surface area contributed by atoms with Gasteiger partial charge >= 0.3 is 0 Å². The molecule has 0 fully saturated rings. The Bertz CT molecular complexity index is 753. The molecule has 0 heterocycles. The van der Waals surface area contributed by atoms with Gasteiger partial charge in [-0.2, -0.15) is 0 Å². The van der Waals surface area contributed by atoms with Crippen LogP contribution < -0.4 is 0 Å². The summed E-state index contributed by atoms with van der Waals surface area (Å²) in [7, 11) is 0.555. The molecule has 2 aromatic rings. The lowest BCUT2D eigenvalue weighted by molar-refractivity contribution is 0.370. The molecule has 0 radical (unpaired) electrons. The molecule has 0 spiro atoms. The highest BCUT2D eigenvalue weighted by Crippen LogP contribution is 2.37. The molecule has 2 rings (SSSR count). The van der Waals surface area contributed by atoms with Crippen molar-refractivity contribution in [2.24, 2.45) is 0 Å². The molecule has 0 amide bonds. The Balaban J connectivity index is 0.000000516. The highest BCUT2D eigenvalue weighted by Gasteiger charge is 2.34. The Labute approximate surface area is 159 Å². The molecule has 12 heteroatoms. The summed E-state index contributed by atoms with van der Waals surface area (Å²) >= 11 is 0. The lowest BCUT2D eigenvalue weighted by Crippen LogP contribution is -2.10. The monoisotopic (exact) mass is 456 g/mol. The van der Waals surface area contributed by atoms with Gasteiger partial charge in [0.1, 0.15) is 6.42 Å². The first kappa shape index (κ1) is 25.1. The van der Waals surface area contributed by atoms with Gasteiger partial charge in [0.25, 0.3) is 0 Å². The lowest BCUT2D eigenvalue weighted by Gasteiger charge is -2.11. The zero-order chi connectivity index (χ0) is 22.5. The molecule has 162 valence electrons. The maximum absolute atomic E-state index is 13.4. The average molecular weight is 456 g/mol. The fourth-order valence-corrected chi connectivity index (χ4v) is 2.75. The minimum atomic E-state index is -2.68. The van der Waals surface area contributed by atoms with Crippen molar-refractivity contribution in [1.82, 2.24) is 0 Å². The van der Waals surface area contributed by atoms with Gasteiger partial charge in [-0.05, 0) is 12.6 Å². The molecule has 0 saturated heterocycles. The molecule has 1 atom stereocenters. The van der Waals surface area contributed by atoms with Crippen molar-refractivity contribution in [1.29, 1.82) is 0 Å². The minimum absolute atomic E-state index is 0.111. The SMILES string of the molecule is CCCCPCF.Fc1c(F)c(F)c(-c2c(F)c(F)c(F)c(F)c2F)c(F)c1F. The summed E-state index contributed by atoms with van der Waals surface area (Å²) in [6.45, 7) is 2.13. The van der Waals surface area contributed by atoms with Crippen molar-refractivity contribution in [2.75, 3.05) is 12.6 Å². The molecule has 0 nitrogen and oxygen atoms in total. The van der Waals surface area contributed by atoms with Crippen molar-refractivity contribution in [3.63, 3.8) is 0 Å². The Morgan fingerprint density at radius 3 is 1.03 bits per heavy atom. The number of hydrogen-bond donors (Lipinski definition) is 0. The minimum Gasteiger partial charge on any atom is -0.246 e. The van der Waals surface area contributed by atoms with Crippen LogP contribution in [0.3, 0.4) is 0 Å². The first-order chi connectivity index (χ1) is 13.5. The van der Waals surface area contributed by atoms with E-state index in [9.17, 15) is 48.3 Å². The molecule has 0 aliphatic rings. The highest BCUT2D eigenvalue weighted by atomic mass is 31.1. The van der Waals surface area contributed by atoms with Gasteiger partial charge in [-0.1, -0.05) is 21.9 Å². The number of hydrogen-bond acceptors (Lipinski definition) is 0. The van der Waals surface area contributed by atoms with Gasteiger partial charge in [0.05, 0.1) is 11.1 Å². The van der Waals surface area contributed by atoms with Crippen molar-refractivity contribution < 1.29 is 48.3 Å². The number of halogens is 11. The number of alkyl halides is 1. The second-order valence-electron chi connectivity index (χ2n) is 5.38. The van der Waals surface area contributed by atoms with Crippen LogP contribution in [0.1, 0.15) is 19.8 Å². The van der Waals surface area contributed by atoms with Crippen LogP contribution in [-0.4, -0.2) is 12.6 Å². The van der Waals surface area contributed by atoms with Crippen molar-refractivity contribution >= 4 is 8.58 Å². The van der Waals surface area contributed by atoms with Crippen LogP contribution in [0.4, 0.5) is 48.3 Å². The number of rotatable bonds is 5. The fraction of sp³-hybridized carbons (Fsp3) is 0.294. The van der Waals surface area contributed by atoms with E-state index < -0.39 is 69.3 Å². The van der Waals surface area contributed by atoms with E-state index in [2.05, 4.69) is 6.92 Å². The molecule has 29 heavy (non-hydrogen) atoms. The van der Waals surface area contributed by atoms with E-state index in [1.54, 1.807) is 0 Å². The summed E-state index contributed by atoms with van der Waals surface area (Å²) in [5.41, 5.74) is -4.52. The van der Waals surface area contributed by atoms with Crippen molar-refractivity contribution in [3.8, 4) is 11.1 Å². The predicted octanol–water partition coefficient (Wildman–Crippen LogP) is 7.14. The molecule has 1 unspecified atom stereocenters. The average Bonchev–Trinajstić information content (AvgIpc) is 2.71. The van der Waals surface area contributed by atoms with Gasteiger partial charge in [0.15, 0.2) is 46.5 Å². The van der Waals surface area contributed by atoms with Gasteiger partial charge in [-0.25, -0.2) is 48.3 Å². The van der Waals surface area contributed by atoms with Crippen LogP contribution in [0.2, 0.25) is 0 Å². The first-order valence-corrected chi connectivity index (χ1v) is 9.24. The smallest absolute Gasteiger partial charge is 0.200 e. The Morgan fingerprint density at radius 1 is 0.517 bits per heavy atom. The standard InChI is InChI=1S/C12F10.C5H12FP/c13-3-1(4(14)8(18)11(21)7(3)17)2-5(15)9(19)12(22)10(20)6(2)16;1-2-3-4-7-5-6/h;7H,2-5H2,1H3. The molecular formula is C17H12F11P. The molecule has 0 saturated carbocycles. The maximum Gasteiger partial charge on any atom is 0.200 e. The predicted molar refractivity (Wildman–Crippen MR) is 85.5 cm³/mol. The zero-order valence-corrected chi connectivity index (χ0v) is 15.5. The Morgan fingerprint density at radius 2 is 0.793 bits per heavy atom. The highest BCUT2D eigenvalue weighted by molar-refractivity contribution is 7.37. The van der Waals surface area contributed by atoms with Gasteiger partial charge in [0.2, 0.25) is 11.6 Å². The third-order valence-corrected chi connectivity index (χ3v) is 4.37.